The zero-order valence-electron chi connectivity index (χ0n) is 8.14. The molecule has 0 aliphatic carbocycles. The number of aliphatic hydroxyl groups excluding tert-OH is 1. The SMILES string of the molecule is O=C([O-])C(O)CCc1ccccc1.[K+]. The van der Waals surface area contributed by atoms with Gasteiger partial charge in [0.25, 0.3) is 0 Å². The fraction of sp³-hybridized carbons (Fsp3) is 0.300. The van der Waals surface area contributed by atoms with Crippen LogP contribution >= 0.6 is 0 Å². The van der Waals surface area contributed by atoms with E-state index >= 15 is 0 Å². The number of hydrogen-bond acceptors (Lipinski definition) is 3. The third-order valence-electron chi connectivity index (χ3n) is 1.82. The average molecular weight is 218 g/mol. The Balaban J connectivity index is 0.00000169. The molecule has 14 heavy (non-hydrogen) atoms. The third-order valence-corrected chi connectivity index (χ3v) is 1.82. The minimum atomic E-state index is -1.41. The Morgan fingerprint density at radius 3 is 2.43 bits per heavy atom. The van der Waals surface area contributed by atoms with Crippen LogP contribution in [0.4, 0.5) is 0 Å². The van der Waals surface area contributed by atoms with Gasteiger partial charge in [-0.1, -0.05) is 30.3 Å². The second-order valence-corrected chi connectivity index (χ2v) is 2.86. The van der Waals surface area contributed by atoms with Gasteiger partial charge in [-0.2, -0.15) is 0 Å². The zero-order valence-corrected chi connectivity index (χ0v) is 11.3. The summed E-state index contributed by atoms with van der Waals surface area (Å²) in [6.07, 6.45) is -0.609. The van der Waals surface area contributed by atoms with Gasteiger partial charge in [0.15, 0.2) is 0 Å². The van der Waals surface area contributed by atoms with Gasteiger partial charge in [-0.3, -0.25) is 0 Å². The first-order valence-corrected chi connectivity index (χ1v) is 4.13. The van der Waals surface area contributed by atoms with Crippen LogP contribution in [-0.4, -0.2) is 17.2 Å². The summed E-state index contributed by atoms with van der Waals surface area (Å²) in [4.78, 5) is 10.2. The van der Waals surface area contributed by atoms with E-state index in [0.29, 0.717) is 6.42 Å². The number of benzene rings is 1. The summed E-state index contributed by atoms with van der Waals surface area (Å²) in [7, 11) is 0. The Kier molecular flexibility index (Phi) is 7.72. The van der Waals surface area contributed by atoms with Gasteiger partial charge in [-0.25, -0.2) is 0 Å². The summed E-state index contributed by atoms with van der Waals surface area (Å²) in [5, 5.41) is 19.1. The Morgan fingerprint density at radius 1 is 1.36 bits per heavy atom. The Hall–Kier alpha value is 0.286. The smallest absolute Gasteiger partial charge is 0.547 e. The molecule has 0 saturated carbocycles. The maximum Gasteiger partial charge on any atom is 1.00 e. The van der Waals surface area contributed by atoms with E-state index in [4.69, 9.17) is 5.11 Å². The predicted molar refractivity (Wildman–Crippen MR) is 45.8 cm³/mol. The van der Waals surface area contributed by atoms with Gasteiger partial charge in [0.05, 0.1) is 12.1 Å². The molecule has 1 aromatic rings. The number of aliphatic carboxylic acids is 1. The molecule has 0 fully saturated rings. The van der Waals surface area contributed by atoms with Crippen LogP contribution < -0.4 is 56.5 Å². The average Bonchev–Trinajstić information content (AvgIpc) is 2.15. The normalized spacial score (nSPS) is 11.5. The number of rotatable bonds is 4. The zero-order chi connectivity index (χ0) is 9.68. The van der Waals surface area contributed by atoms with Gasteiger partial charge in [0.2, 0.25) is 0 Å². The molecule has 0 aliphatic rings. The molecule has 3 nitrogen and oxygen atoms in total. The van der Waals surface area contributed by atoms with Gasteiger partial charge in [0, 0.05) is 0 Å². The maximum atomic E-state index is 10.2. The number of aryl methyl sites for hydroxylation is 1. The molecule has 4 heteroatoms. The number of carboxylic acid groups (broad SMARTS) is 1. The Bertz CT molecular complexity index is 274. The fourth-order valence-electron chi connectivity index (χ4n) is 1.07. The summed E-state index contributed by atoms with van der Waals surface area (Å²) < 4.78 is 0. The van der Waals surface area contributed by atoms with E-state index in [9.17, 15) is 9.90 Å². The molecule has 0 heterocycles. The summed E-state index contributed by atoms with van der Waals surface area (Å²) in [5.41, 5.74) is 1.02. The van der Waals surface area contributed by atoms with Gasteiger partial charge in [-0.15, -0.1) is 0 Å². The van der Waals surface area contributed by atoms with Crippen molar-refractivity contribution in [1.29, 1.82) is 0 Å². The van der Waals surface area contributed by atoms with Crippen molar-refractivity contribution < 1.29 is 66.4 Å². The second-order valence-electron chi connectivity index (χ2n) is 2.86. The molecule has 0 saturated heterocycles. The predicted octanol–water partition coefficient (Wildman–Crippen LogP) is -3.27. The molecule has 1 unspecified atom stereocenters. The van der Waals surface area contributed by atoms with Crippen molar-refractivity contribution in [3.05, 3.63) is 35.9 Å². The quantitative estimate of drug-likeness (QED) is 0.540. The van der Waals surface area contributed by atoms with E-state index in [1.165, 1.54) is 0 Å². The molecule has 1 atom stereocenters. The summed E-state index contributed by atoms with van der Waals surface area (Å²) in [6, 6.07) is 9.42. The molecule has 70 valence electrons. The monoisotopic (exact) mass is 218 g/mol. The maximum absolute atomic E-state index is 10.2. The minimum Gasteiger partial charge on any atom is -0.547 e. The van der Waals surface area contributed by atoms with Crippen molar-refractivity contribution in [1.82, 2.24) is 0 Å². The number of carbonyl (C=O) groups is 1. The van der Waals surface area contributed by atoms with Crippen LogP contribution in [0.5, 0.6) is 0 Å². The van der Waals surface area contributed by atoms with Gasteiger partial charge in [-0.05, 0) is 18.4 Å². The van der Waals surface area contributed by atoms with Crippen LogP contribution in [0.25, 0.3) is 0 Å². The molecular weight excluding hydrogens is 207 g/mol. The molecule has 0 bridgehead atoms. The minimum absolute atomic E-state index is 0. The molecule has 0 radical (unpaired) electrons. The molecular formula is C10H11KO3. The van der Waals surface area contributed by atoms with E-state index in [2.05, 4.69) is 0 Å². The first-order valence-electron chi connectivity index (χ1n) is 4.13. The topological polar surface area (TPSA) is 60.4 Å². The first kappa shape index (κ1) is 14.3. The van der Waals surface area contributed by atoms with Crippen LogP contribution in [0.2, 0.25) is 0 Å². The van der Waals surface area contributed by atoms with E-state index in [-0.39, 0.29) is 57.8 Å². The number of hydrogen-bond donors (Lipinski definition) is 1. The van der Waals surface area contributed by atoms with Gasteiger partial charge >= 0.3 is 51.4 Å². The van der Waals surface area contributed by atoms with Crippen molar-refractivity contribution in [2.24, 2.45) is 0 Å². The van der Waals surface area contributed by atoms with Crippen LogP contribution in [0.1, 0.15) is 12.0 Å². The Labute approximate surface area is 126 Å². The van der Waals surface area contributed by atoms with E-state index in [0.717, 1.165) is 5.56 Å². The third kappa shape index (κ3) is 5.24. The Morgan fingerprint density at radius 2 is 1.93 bits per heavy atom. The van der Waals surface area contributed by atoms with Crippen molar-refractivity contribution in [2.75, 3.05) is 0 Å². The van der Waals surface area contributed by atoms with E-state index < -0.39 is 12.1 Å². The standard InChI is InChI=1S/C10H12O3.K/c11-9(10(12)13)7-6-8-4-2-1-3-5-8;/h1-5,9,11H,6-7H2,(H,12,13);/q;+1/p-1. The van der Waals surface area contributed by atoms with E-state index in [1.54, 1.807) is 0 Å². The van der Waals surface area contributed by atoms with E-state index in [1.807, 2.05) is 30.3 Å². The van der Waals surface area contributed by atoms with Gasteiger partial charge < -0.3 is 15.0 Å². The van der Waals surface area contributed by atoms with Crippen LogP contribution in [-0.2, 0) is 11.2 Å². The first-order chi connectivity index (χ1) is 6.20. The summed E-state index contributed by atoms with van der Waals surface area (Å²) in [6.45, 7) is 0. The van der Waals surface area contributed by atoms with Crippen LogP contribution in [0.3, 0.4) is 0 Å². The van der Waals surface area contributed by atoms with Crippen molar-refractivity contribution in [3.63, 3.8) is 0 Å². The summed E-state index contributed by atoms with van der Waals surface area (Å²) in [5.74, 6) is -1.41. The molecule has 1 rings (SSSR count). The molecule has 0 aromatic heterocycles. The molecule has 0 aliphatic heterocycles. The van der Waals surface area contributed by atoms with Crippen LogP contribution in [0, 0.1) is 0 Å². The van der Waals surface area contributed by atoms with Crippen molar-refractivity contribution in [2.45, 2.75) is 18.9 Å². The largest absolute Gasteiger partial charge is 1.00 e. The second kappa shape index (κ2) is 7.56. The summed E-state index contributed by atoms with van der Waals surface area (Å²) >= 11 is 0. The number of carbonyl (C=O) groups excluding carboxylic acids is 1. The molecule has 0 spiro atoms. The van der Waals surface area contributed by atoms with Crippen molar-refractivity contribution in [3.8, 4) is 0 Å². The fourth-order valence-corrected chi connectivity index (χ4v) is 1.07. The number of carboxylic acids is 1. The van der Waals surface area contributed by atoms with Gasteiger partial charge in [0.1, 0.15) is 0 Å². The molecule has 1 aromatic carbocycles. The van der Waals surface area contributed by atoms with Crippen molar-refractivity contribution >= 4 is 5.97 Å². The van der Waals surface area contributed by atoms with Crippen LogP contribution in [0.15, 0.2) is 30.3 Å². The molecule has 1 N–H and O–H groups in total. The molecule has 0 amide bonds. The number of aliphatic hydroxyl groups is 1.